The first-order chi connectivity index (χ1) is 12.7. The number of carbonyl (C=O) groups is 1. The van der Waals surface area contributed by atoms with Crippen LogP contribution in [0, 0.1) is 0 Å². The van der Waals surface area contributed by atoms with Crippen molar-refractivity contribution in [3.05, 3.63) is 0 Å². The molecule has 2 aliphatic rings. The van der Waals surface area contributed by atoms with Crippen LogP contribution in [0.25, 0.3) is 0 Å². The number of anilines is 1. The molecule has 1 aliphatic heterocycles. The van der Waals surface area contributed by atoms with Crippen LogP contribution < -0.4 is 4.90 Å². The average Bonchev–Trinajstić information content (AvgIpc) is 3.11. The van der Waals surface area contributed by atoms with E-state index in [9.17, 15) is 4.79 Å². The van der Waals surface area contributed by atoms with E-state index in [2.05, 4.69) is 38.4 Å². The fourth-order valence-corrected chi connectivity index (χ4v) is 4.79. The van der Waals surface area contributed by atoms with Crippen molar-refractivity contribution in [3.63, 3.8) is 0 Å². The Kier molecular flexibility index (Phi) is 7.19. The summed E-state index contributed by atoms with van der Waals surface area (Å²) in [5.74, 6) is 1.55. The number of ether oxygens (including phenoxy) is 1. The Morgan fingerprint density at radius 2 is 1.92 bits per heavy atom. The van der Waals surface area contributed by atoms with Gasteiger partial charge in [-0.15, -0.1) is 10.2 Å². The van der Waals surface area contributed by atoms with E-state index in [0.717, 1.165) is 63.3 Å². The number of amides is 1. The quantitative estimate of drug-likeness (QED) is 0.676. The van der Waals surface area contributed by atoms with Gasteiger partial charge in [-0.2, -0.15) is 0 Å². The molecule has 1 saturated heterocycles. The monoisotopic (exact) mass is 381 g/mol. The molecule has 0 spiro atoms. The molecular formula is C18H31N5O2S. The highest BCUT2D eigenvalue weighted by Gasteiger charge is 2.25. The van der Waals surface area contributed by atoms with Crippen molar-refractivity contribution in [2.45, 2.75) is 63.7 Å². The van der Waals surface area contributed by atoms with Crippen molar-refractivity contribution in [1.82, 2.24) is 19.7 Å². The molecule has 1 saturated carbocycles. The highest BCUT2D eigenvalue weighted by Crippen LogP contribution is 2.26. The van der Waals surface area contributed by atoms with Crippen LogP contribution in [-0.4, -0.2) is 70.2 Å². The zero-order valence-electron chi connectivity index (χ0n) is 16.0. The van der Waals surface area contributed by atoms with Crippen LogP contribution in [0.5, 0.6) is 0 Å². The molecule has 8 heteroatoms. The molecule has 1 amide bonds. The number of morpholine rings is 1. The number of hydrogen-bond donors (Lipinski definition) is 0. The molecule has 0 radical (unpaired) electrons. The number of hydrogen-bond acceptors (Lipinski definition) is 6. The van der Waals surface area contributed by atoms with E-state index in [-0.39, 0.29) is 5.91 Å². The van der Waals surface area contributed by atoms with Gasteiger partial charge in [0.1, 0.15) is 0 Å². The molecule has 1 aliphatic carbocycles. The van der Waals surface area contributed by atoms with E-state index in [1.54, 1.807) is 0 Å². The summed E-state index contributed by atoms with van der Waals surface area (Å²) in [7, 11) is 0. The van der Waals surface area contributed by atoms with Gasteiger partial charge in [0.15, 0.2) is 5.16 Å². The van der Waals surface area contributed by atoms with Gasteiger partial charge in [-0.1, -0.05) is 31.0 Å². The summed E-state index contributed by atoms with van der Waals surface area (Å²) >= 11 is 1.51. The molecule has 146 valence electrons. The minimum Gasteiger partial charge on any atom is -0.378 e. The van der Waals surface area contributed by atoms with E-state index in [1.807, 2.05) is 0 Å². The van der Waals surface area contributed by atoms with Crippen LogP contribution in [-0.2, 0) is 16.1 Å². The summed E-state index contributed by atoms with van der Waals surface area (Å²) in [6.07, 6.45) is 6.09. The van der Waals surface area contributed by atoms with Crippen molar-refractivity contribution >= 4 is 23.6 Å². The fraction of sp³-hybridized carbons (Fsp3) is 0.833. The lowest BCUT2D eigenvalue weighted by Gasteiger charge is -2.33. The summed E-state index contributed by atoms with van der Waals surface area (Å²) in [5, 5.41) is 9.57. The molecule has 26 heavy (non-hydrogen) atoms. The van der Waals surface area contributed by atoms with E-state index in [4.69, 9.17) is 4.74 Å². The lowest BCUT2D eigenvalue weighted by atomic mass is 9.94. The third kappa shape index (κ3) is 4.52. The Hall–Kier alpha value is -1.28. The van der Waals surface area contributed by atoms with Crippen molar-refractivity contribution in [1.29, 1.82) is 0 Å². The van der Waals surface area contributed by atoms with Gasteiger partial charge in [0.05, 0.1) is 19.0 Å². The first-order valence-electron chi connectivity index (χ1n) is 9.92. The van der Waals surface area contributed by atoms with Crippen LogP contribution >= 0.6 is 11.8 Å². The number of rotatable bonds is 7. The van der Waals surface area contributed by atoms with E-state index >= 15 is 0 Å². The Morgan fingerprint density at radius 3 is 2.58 bits per heavy atom. The fourth-order valence-electron chi connectivity index (χ4n) is 3.90. The highest BCUT2D eigenvalue weighted by atomic mass is 32.2. The summed E-state index contributed by atoms with van der Waals surface area (Å²) < 4.78 is 7.53. The number of aromatic nitrogens is 3. The molecular weight excluding hydrogens is 350 g/mol. The largest absolute Gasteiger partial charge is 0.378 e. The molecule has 3 rings (SSSR count). The highest BCUT2D eigenvalue weighted by molar-refractivity contribution is 7.99. The van der Waals surface area contributed by atoms with Crippen molar-refractivity contribution in [3.8, 4) is 0 Å². The molecule has 2 fully saturated rings. The normalized spacial score (nSPS) is 18.9. The summed E-state index contributed by atoms with van der Waals surface area (Å²) in [6, 6.07) is 0.426. The second kappa shape index (κ2) is 9.60. The molecule has 2 heterocycles. The van der Waals surface area contributed by atoms with Gasteiger partial charge >= 0.3 is 0 Å². The zero-order valence-corrected chi connectivity index (χ0v) is 16.8. The van der Waals surface area contributed by atoms with Crippen molar-refractivity contribution < 1.29 is 9.53 Å². The SMILES string of the molecule is CCN(C(=O)CSc1nnc(N2CCOCC2)n1CC)C1CCCCC1. The summed E-state index contributed by atoms with van der Waals surface area (Å²) in [4.78, 5) is 17.1. The minimum absolute atomic E-state index is 0.225. The molecule has 0 aromatic carbocycles. The van der Waals surface area contributed by atoms with E-state index in [1.165, 1.54) is 31.0 Å². The summed E-state index contributed by atoms with van der Waals surface area (Å²) in [5.41, 5.74) is 0. The third-order valence-electron chi connectivity index (χ3n) is 5.31. The minimum atomic E-state index is 0.225. The van der Waals surface area contributed by atoms with Gasteiger partial charge in [-0.25, -0.2) is 0 Å². The lowest BCUT2D eigenvalue weighted by molar-refractivity contribution is -0.131. The Balaban J connectivity index is 1.61. The number of carbonyl (C=O) groups excluding carboxylic acids is 1. The molecule has 0 N–H and O–H groups in total. The van der Waals surface area contributed by atoms with Gasteiger partial charge in [0.25, 0.3) is 0 Å². The summed E-state index contributed by atoms with van der Waals surface area (Å²) in [6.45, 7) is 8.91. The molecule has 7 nitrogen and oxygen atoms in total. The molecule has 0 unspecified atom stereocenters. The van der Waals surface area contributed by atoms with Gasteiger partial charge in [0, 0.05) is 32.2 Å². The standard InChI is InChI=1S/C18H31N5O2S/c1-3-22(15-8-6-5-7-9-15)16(24)14-26-18-20-19-17(23(18)4-2)21-10-12-25-13-11-21/h15H,3-14H2,1-2H3. The number of nitrogens with zero attached hydrogens (tertiary/aromatic N) is 5. The van der Waals surface area contributed by atoms with Crippen LogP contribution in [0.15, 0.2) is 5.16 Å². The zero-order chi connectivity index (χ0) is 18.4. The second-order valence-corrected chi connectivity index (χ2v) is 7.83. The van der Waals surface area contributed by atoms with Crippen LogP contribution in [0.1, 0.15) is 46.0 Å². The van der Waals surface area contributed by atoms with Crippen molar-refractivity contribution in [2.24, 2.45) is 0 Å². The maximum absolute atomic E-state index is 12.8. The van der Waals surface area contributed by atoms with Crippen LogP contribution in [0.4, 0.5) is 5.95 Å². The average molecular weight is 382 g/mol. The first kappa shape index (κ1) is 19.5. The van der Waals surface area contributed by atoms with Gasteiger partial charge in [-0.3, -0.25) is 9.36 Å². The van der Waals surface area contributed by atoms with Gasteiger partial charge < -0.3 is 14.5 Å². The van der Waals surface area contributed by atoms with Crippen molar-refractivity contribution in [2.75, 3.05) is 43.5 Å². The Bertz CT molecular complexity index is 582. The van der Waals surface area contributed by atoms with E-state index in [0.29, 0.717) is 11.8 Å². The molecule has 0 bridgehead atoms. The number of thioether (sulfide) groups is 1. The van der Waals surface area contributed by atoms with Crippen LogP contribution in [0.2, 0.25) is 0 Å². The third-order valence-corrected chi connectivity index (χ3v) is 6.26. The van der Waals surface area contributed by atoms with E-state index < -0.39 is 0 Å². The molecule has 1 aromatic rings. The smallest absolute Gasteiger partial charge is 0.233 e. The van der Waals surface area contributed by atoms with Crippen LogP contribution in [0.3, 0.4) is 0 Å². The Morgan fingerprint density at radius 1 is 1.19 bits per heavy atom. The lowest BCUT2D eigenvalue weighted by Crippen LogP contribution is -2.42. The first-order valence-corrected chi connectivity index (χ1v) is 10.9. The predicted molar refractivity (Wildman–Crippen MR) is 104 cm³/mol. The maximum Gasteiger partial charge on any atom is 0.233 e. The Labute approximate surface area is 160 Å². The van der Waals surface area contributed by atoms with Gasteiger partial charge in [0.2, 0.25) is 11.9 Å². The predicted octanol–water partition coefficient (Wildman–Crippen LogP) is 2.41. The second-order valence-electron chi connectivity index (χ2n) is 6.89. The van der Waals surface area contributed by atoms with Gasteiger partial charge in [-0.05, 0) is 26.7 Å². The maximum atomic E-state index is 12.8. The topological polar surface area (TPSA) is 63.5 Å². The molecule has 0 atom stereocenters. The molecule has 1 aromatic heterocycles.